The first kappa shape index (κ1) is 19.2. The second-order valence-corrected chi connectivity index (χ2v) is 7.94. The quantitative estimate of drug-likeness (QED) is 0.651. The lowest BCUT2D eigenvalue weighted by Crippen LogP contribution is -2.32. The van der Waals surface area contributed by atoms with E-state index < -0.39 is 0 Å². The number of hydrogen-bond acceptors (Lipinski definition) is 6. The molecule has 6 nitrogen and oxygen atoms in total. The lowest BCUT2D eigenvalue weighted by atomic mass is 10.1. The largest absolute Gasteiger partial charge is 0.359 e. The van der Waals surface area contributed by atoms with E-state index in [1.54, 1.807) is 11.2 Å². The van der Waals surface area contributed by atoms with Gasteiger partial charge in [0.25, 0.3) is 5.91 Å². The van der Waals surface area contributed by atoms with Crippen LogP contribution in [-0.4, -0.2) is 52.4 Å². The Morgan fingerprint density at radius 2 is 1.96 bits per heavy atom. The summed E-state index contributed by atoms with van der Waals surface area (Å²) in [4.78, 5) is 31.6. The summed E-state index contributed by atoms with van der Waals surface area (Å²) in [5.74, 6) is 0.892. The van der Waals surface area contributed by atoms with Gasteiger partial charge >= 0.3 is 0 Å². The van der Waals surface area contributed by atoms with Crippen molar-refractivity contribution in [3.8, 4) is 0 Å². The van der Waals surface area contributed by atoms with E-state index in [0.717, 1.165) is 45.1 Å². The average molecular weight is 384 g/mol. The van der Waals surface area contributed by atoms with Gasteiger partial charge in [-0.2, -0.15) is 0 Å². The molecule has 0 bridgehead atoms. The third-order valence-electron chi connectivity index (χ3n) is 4.79. The molecule has 0 N–H and O–H groups in total. The topological polar surface area (TPSA) is 62.2 Å². The van der Waals surface area contributed by atoms with E-state index in [0.29, 0.717) is 0 Å². The van der Waals surface area contributed by atoms with E-state index in [4.69, 9.17) is 0 Å². The molecule has 0 aliphatic carbocycles. The SMILES string of the molecule is Cc1c(C(=O)N(C)C(C)C)sc2ncnc(N(C)CCc3ccccn3)c12. The number of thiophene rings is 1. The molecule has 0 atom stereocenters. The second kappa shape index (κ2) is 8.00. The number of fused-ring (bicyclic) bond motifs is 1. The molecule has 3 aromatic heterocycles. The fraction of sp³-hybridized carbons (Fsp3) is 0.400. The summed E-state index contributed by atoms with van der Waals surface area (Å²) >= 11 is 1.44. The molecule has 0 radical (unpaired) electrons. The van der Waals surface area contributed by atoms with Crippen LogP contribution in [0.5, 0.6) is 0 Å². The molecule has 3 rings (SSSR count). The lowest BCUT2D eigenvalue weighted by Gasteiger charge is -2.21. The van der Waals surface area contributed by atoms with Crippen LogP contribution >= 0.6 is 11.3 Å². The summed E-state index contributed by atoms with van der Waals surface area (Å²) in [5, 5.41) is 0.964. The van der Waals surface area contributed by atoms with Gasteiger partial charge in [0.15, 0.2) is 0 Å². The van der Waals surface area contributed by atoms with Crippen molar-refractivity contribution < 1.29 is 4.79 Å². The number of carbonyl (C=O) groups excluding carboxylic acids is 1. The minimum Gasteiger partial charge on any atom is -0.359 e. The number of likely N-dealkylation sites (N-methyl/N-ethyl adjacent to an activating group) is 1. The fourth-order valence-corrected chi connectivity index (χ4v) is 4.00. The molecule has 0 aliphatic heterocycles. The summed E-state index contributed by atoms with van der Waals surface area (Å²) in [6.45, 7) is 6.79. The Hall–Kier alpha value is -2.54. The van der Waals surface area contributed by atoms with Crippen LogP contribution in [0, 0.1) is 6.92 Å². The van der Waals surface area contributed by atoms with Crippen molar-refractivity contribution in [2.24, 2.45) is 0 Å². The monoisotopic (exact) mass is 383 g/mol. The maximum Gasteiger partial charge on any atom is 0.264 e. The highest BCUT2D eigenvalue weighted by Crippen LogP contribution is 2.35. The van der Waals surface area contributed by atoms with E-state index in [9.17, 15) is 4.79 Å². The highest BCUT2D eigenvalue weighted by atomic mass is 32.1. The first-order valence-corrected chi connectivity index (χ1v) is 9.84. The minimum absolute atomic E-state index is 0.0348. The van der Waals surface area contributed by atoms with E-state index in [-0.39, 0.29) is 11.9 Å². The van der Waals surface area contributed by atoms with Crippen LogP contribution in [0.2, 0.25) is 0 Å². The van der Waals surface area contributed by atoms with E-state index >= 15 is 0 Å². The molecule has 7 heteroatoms. The van der Waals surface area contributed by atoms with Gasteiger partial charge in [0, 0.05) is 45.0 Å². The van der Waals surface area contributed by atoms with Crippen LogP contribution in [-0.2, 0) is 6.42 Å². The lowest BCUT2D eigenvalue weighted by molar-refractivity contribution is 0.0759. The zero-order valence-electron chi connectivity index (χ0n) is 16.4. The van der Waals surface area contributed by atoms with Gasteiger partial charge in [-0.25, -0.2) is 9.97 Å². The highest BCUT2D eigenvalue weighted by molar-refractivity contribution is 7.20. The molecule has 0 aliphatic rings. The fourth-order valence-electron chi connectivity index (χ4n) is 2.88. The number of aromatic nitrogens is 3. The molecule has 27 heavy (non-hydrogen) atoms. The number of hydrogen-bond donors (Lipinski definition) is 0. The third kappa shape index (κ3) is 3.93. The Morgan fingerprint density at radius 3 is 2.63 bits per heavy atom. The molecular formula is C20H25N5OS. The van der Waals surface area contributed by atoms with Crippen molar-refractivity contribution in [3.05, 3.63) is 46.9 Å². The molecule has 1 amide bonds. The Morgan fingerprint density at radius 1 is 1.19 bits per heavy atom. The third-order valence-corrected chi connectivity index (χ3v) is 5.97. The Bertz CT molecular complexity index is 938. The summed E-state index contributed by atoms with van der Waals surface area (Å²) in [5.41, 5.74) is 2.00. The number of nitrogens with zero attached hydrogens (tertiary/aromatic N) is 5. The molecule has 0 fully saturated rings. The van der Waals surface area contributed by atoms with Gasteiger partial charge in [0.2, 0.25) is 0 Å². The Kier molecular flexibility index (Phi) is 5.70. The van der Waals surface area contributed by atoms with Gasteiger partial charge in [0.05, 0.1) is 10.3 Å². The van der Waals surface area contributed by atoms with Crippen molar-refractivity contribution in [3.63, 3.8) is 0 Å². The van der Waals surface area contributed by atoms with Crippen LogP contribution in [0.15, 0.2) is 30.7 Å². The minimum atomic E-state index is 0.0348. The smallest absolute Gasteiger partial charge is 0.264 e. The van der Waals surface area contributed by atoms with Crippen molar-refractivity contribution in [1.29, 1.82) is 0 Å². The van der Waals surface area contributed by atoms with Gasteiger partial charge in [-0.1, -0.05) is 6.07 Å². The van der Waals surface area contributed by atoms with Crippen LogP contribution in [0.25, 0.3) is 10.2 Å². The summed E-state index contributed by atoms with van der Waals surface area (Å²) in [6, 6.07) is 6.09. The summed E-state index contributed by atoms with van der Waals surface area (Å²) in [6.07, 6.45) is 4.21. The zero-order chi connectivity index (χ0) is 19.6. The molecule has 0 aromatic carbocycles. The summed E-state index contributed by atoms with van der Waals surface area (Å²) in [7, 11) is 3.85. The van der Waals surface area contributed by atoms with Crippen LogP contribution in [0.4, 0.5) is 5.82 Å². The van der Waals surface area contributed by atoms with Crippen molar-refractivity contribution >= 4 is 33.3 Å². The van der Waals surface area contributed by atoms with Crippen LogP contribution < -0.4 is 4.90 Å². The molecule has 0 spiro atoms. The molecule has 0 saturated carbocycles. The maximum atomic E-state index is 12.8. The van der Waals surface area contributed by atoms with Crippen molar-refractivity contribution in [1.82, 2.24) is 19.9 Å². The first-order chi connectivity index (χ1) is 12.9. The number of amides is 1. The maximum absolute atomic E-state index is 12.8. The van der Waals surface area contributed by atoms with E-state index in [2.05, 4.69) is 19.9 Å². The number of pyridine rings is 1. The van der Waals surface area contributed by atoms with Crippen molar-refractivity contribution in [2.45, 2.75) is 33.2 Å². The first-order valence-electron chi connectivity index (χ1n) is 9.02. The van der Waals surface area contributed by atoms with Gasteiger partial charge < -0.3 is 9.80 Å². The summed E-state index contributed by atoms with van der Waals surface area (Å²) < 4.78 is 0. The van der Waals surface area contributed by atoms with Crippen LogP contribution in [0.3, 0.4) is 0 Å². The molecule has 0 unspecified atom stereocenters. The zero-order valence-corrected chi connectivity index (χ0v) is 17.2. The predicted octanol–water partition coefficient (Wildman–Crippen LogP) is 3.55. The van der Waals surface area contributed by atoms with E-state index in [1.807, 2.05) is 59.3 Å². The highest BCUT2D eigenvalue weighted by Gasteiger charge is 2.23. The number of anilines is 1. The van der Waals surface area contributed by atoms with Crippen LogP contribution in [0.1, 0.15) is 34.8 Å². The Labute approximate surface area is 163 Å². The predicted molar refractivity (Wildman–Crippen MR) is 111 cm³/mol. The van der Waals surface area contributed by atoms with Gasteiger partial charge in [-0.05, 0) is 38.5 Å². The van der Waals surface area contributed by atoms with Gasteiger partial charge in [-0.3, -0.25) is 9.78 Å². The van der Waals surface area contributed by atoms with E-state index in [1.165, 1.54) is 11.3 Å². The molecule has 0 saturated heterocycles. The van der Waals surface area contributed by atoms with Gasteiger partial charge in [-0.15, -0.1) is 11.3 Å². The molecular weight excluding hydrogens is 358 g/mol. The Balaban J connectivity index is 1.91. The average Bonchev–Trinajstić information content (AvgIpc) is 3.02. The normalized spacial score (nSPS) is 11.2. The number of rotatable bonds is 6. The van der Waals surface area contributed by atoms with Gasteiger partial charge in [0.1, 0.15) is 17.0 Å². The molecule has 3 heterocycles. The standard InChI is InChI=1S/C20H25N5OS/c1-13(2)25(5)20(26)17-14(3)16-18(22-12-23-19(16)27-17)24(4)11-9-15-8-6-7-10-21-15/h6-8,10,12-13H,9,11H2,1-5H3. The second-order valence-electron chi connectivity index (χ2n) is 6.94. The van der Waals surface area contributed by atoms with Crippen molar-refractivity contribution in [2.75, 3.05) is 25.5 Å². The molecule has 3 aromatic rings. The molecule has 142 valence electrons. The number of carbonyl (C=O) groups is 1. The number of aryl methyl sites for hydroxylation is 1.